The molecular formula is C17H15NO4. The molecule has 1 heterocycles. The van der Waals surface area contributed by atoms with Crippen LogP contribution in [0.2, 0.25) is 0 Å². The van der Waals surface area contributed by atoms with E-state index >= 15 is 0 Å². The summed E-state index contributed by atoms with van der Waals surface area (Å²) < 4.78 is 10.5. The van der Waals surface area contributed by atoms with Crippen molar-refractivity contribution in [1.29, 1.82) is 0 Å². The molecule has 0 aliphatic carbocycles. The van der Waals surface area contributed by atoms with Crippen LogP contribution < -0.4 is 10.1 Å². The first-order valence-electron chi connectivity index (χ1n) is 6.95. The average Bonchev–Trinajstić information content (AvgIpc) is 2.57. The second-order valence-electron chi connectivity index (χ2n) is 4.95. The van der Waals surface area contributed by atoms with Crippen LogP contribution in [0.5, 0.6) is 5.75 Å². The van der Waals surface area contributed by atoms with E-state index in [0.29, 0.717) is 17.9 Å². The Morgan fingerprint density at radius 3 is 2.50 bits per heavy atom. The Kier molecular flexibility index (Phi) is 4.05. The Labute approximate surface area is 127 Å². The summed E-state index contributed by atoms with van der Waals surface area (Å²) in [7, 11) is 0. The number of carbonyl (C=O) groups is 2. The zero-order valence-electron chi connectivity index (χ0n) is 11.8. The van der Waals surface area contributed by atoms with Gasteiger partial charge in [0, 0.05) is 0 Å². The monoisotopic (exact) mass is 297 g/mol. The maximum absolute atomic E-state index is 11.7. The summed E-state index contributed by atoms with van der Waals surface area (Å²) in [6.45, 7) is 0.260. The summed E-state index contributed by atoms with van der Waals surface area (Å²) in [4.78, 5) is 23.0. The van der Waals surface area contributed by atoms with Gasteiger partial charge in [0.15, 0.2) is 12.6 Å². The molecule has 1 aliphatic heterocycles. The molecule has 1 aliphatic rings. The van der Waals surface area contributed by atoms with Crippen molar-refractivity contribution in [3.05, 3.63) is 65.7 Å². The number of hydrogen-bond donors (Lipinski definition) is 1. The van der Waals surface area contributed by atoms with Gasteiger partial charge in [-0.1, -0.05) is 42.5 Å². The van der Waals surface area contributed by atoms with Crippen molar-refractivity contribution in [3.63, 3.8) is 0 Å². The molecule has 2 aromatic rings. The second-order valence-corrected chi connectivity index (χ2v) is 4.95. The Morgan fingerprint density at radius 1 is 1.05 bits per heavy atom. The van der Waals surface area contributed by atoms with Crippen LogP contribution >= 0.6 is 0 Å². The minimum atomic E-state index is -0.746. The Hall–Kier alpha value is -2.82. The van der Waals surface area contributed by atoms with Gasteiger partial charge in [0.05, 0.1) is 0 Å². The van der Waals surface area contributed by atoms with E-state index in [1.54, 1.807) is 24.3 Å². The predicted molar refractivity (Wildman–Crippen MR) is 79.1 cm³/mol. The van der Waals surface area contributed by atoms with Crippen molar-refractivity contribution in [1.82, 2.24) is 5.32 Å². The molecule has 1 atom stereocenters. The maximum atomic E-state index is 11.7. The molecule has 0 saturated carbocycles. The fraction of sp³-hybridized carbons (Fsp3) is 0.176. The van der Waals surface area contributed by atoms with Gasteiger partial charge in [-0.15, -0.1) is 0 Å². The molecular weight excluding hydrogens is 282 g/mol. The Bertz CT molecular complexity index is 667. The van der Waals surface area contributed by atoms with E-state index in [1.165, 1.54) is 0 Å². The molecule has 22 heavy (non-hydrogen) atoms. The van der Waals surface area contributed by atoms with Gasteiger partial charge in [-0.05, 0) is 23.3 Å². The van der Waals surface area contributed by atoms with E-state index in [4.69, 9.17) is 9.47 Å². The highest BCUT2D eigenvalue weighted by Gasteiger charge is 2.29. The van der Waals surface area contributed by atoms with E-state index in [1.807, 2.05) is 30.3 Å². The number of carbonyl (C=O) groups excluding carboxylic acids is 2. The number of nitrogens with one attached hydrogen (secondary N) is 1. The van der Waals surface area contributed by atoms with Crippen molar-refractivity contribution in [2.75, 3.05) is 6.61 Å². The van der Waals surface area contributed by atoms with Gasteiger partial charge < -0.3 is 14.8 Å². The fourth-order valence-electron chi connectivity index (χ4n) is 2.20. The number of benzene rings is 2. The lowest BCUT2D eigenvalue weighted by atomic mass is 10.1. The van der Waals surface area contributed by atoms with Crippen LogP contribution in [0, 0.1) is 0 Å². The van der Waals surface area contributed by atoms with Crippen LogP contribution in [0.1, 0.15) is 17.2 Å². The quantitative estimate of drug-likeness (QED) is 0.876. The highest BCUT2D eigenvalue weighted by atomic mass is 16.5. The molecule has 1 amide bonds. The molecule has 112 valence electrons. The fourth-order valence-corrected chi connectivity index (χ4v) is 2.20. The highest BCUT2D eigenvalue weighted by Crippen LogP contribution is 2.21. The van der Waals surface area contributed by atoms with Gasteiger partial charge in [-0.25, -0.2) is 4.79 Å². The second kappa shape index (κ2) is 6.30. The van der Waals surface area contributed by atoms with Gasteiger partial charge in [0.25, 0.3) is 5.91 Å². The standard InChI is InChI=1S/C17H15NO4/c19-15-11-22-17(20)16(18-15)13-6-8-14(9-7-13)21-10-12-4-2-1-3-5-12/h1-9,16H,10-11H2,(H,18,19)/t16-/m0/s1. The number of ether oxygens (including phenoxy) is 2. The molecule has 0 unspecified atom stereocenters. The van der Waals surface area contributed by atoms with Crippen molar-refractivity contribution in [2.24, 2.45) is 0 Å². The summed E-state index contributed by atoms with van der Waals surface area (Å²) >= 11 is 0. The van der Waals surface area contributed by atoms with Gasteiger partial charge in [0.1, 0.15) is 12.4 Å². The average molecular weight is 297 g/mol. The molecule has 0 radical (unpaired) electrons. The lowest BCUT2D eigenvalue weighted by Gasteiger charge is -2.22. The highest BCUT2D eigenvalue weighted by molar-refractivity contribution is 5.91. The number of hydrogen-bond acceptors (Lipinski definition) is 4. The number of morpholine rings is 1. The van der Waals surface area contributed by atoms with E-state index in [0.717, 1.165) is 5.56 Å². The van der Waals surface area contributed by atoms with E-state index in [2.05, 4.69) is 5.32 Å². The van der Waals surface area contributed by atoms with E-state index < -0.39 is 12.0 Å². The first-order chi connectivity index (χ1) is 10.7. The van der Waals surface area contributed by atoms with Crippen LogP contribution in [0.4, 0.5) is 0 Å². The van der Waals surface area contributed by atoms with Gasteiger partial charge in [-0.3, -0.25) is 4.79 Å². The first kappa shape index (κ1) is 14.1. The van der Waals surface area contributed by atoms with E-state index in [9.17, 15) is 9.59 Å². The van der Waals surface area contributed by atoms with Crippen molar-refractivity contribution in [3.8, 4) is 5.75 Å². The van der Waals surface area contributed by atoms with Gasteiger partial charge in [0.2, 0.25) is 0 Å². The maximum Gasteiger partial charge on any atom is 0.333 e. The van der Waals surface area contributed by atoms with Crippen LogP contribution in [0.15, 0.2) is 54.6 Å². The molecule has 5 nitrogen and oxygen atoms in total. The van der Waals surface area contributed by atoms with Crippen LogP contribution in [-0.2, 0) is 20.9 Å². The minimum Gasteiger partial charge on any atom is -0.489 e. The topological polar surface area (TPSA) is 64.6 Å². The molecule has 0 aromatic heterocycles. The summed E-state index contributed by atoms with van der Waals surface area (Å²) in [5, 5.41) is 2.61. The van der Waals surface area contributed by atoms with Gasteiger partial charge in [-0.2, -0.15) is 0 Å². The van der Waals surface area contributed by atoms with E-state index in [-0.39, 0.29) is 12.5 Å². The van der Waals surface area contributed by atoms with Crippen molar-refractivity contribution < 1.29 is 19.1 Å². The summed E-state index contributed by atoms with van der Waals surface area (Å²) in [5.41, 5.74) is 1.75. The smallest absolute Gasteiger partial charge is 0.333 e. The molecule has 0 bridgehead atoms. The lowest BCUT2D eigenvalue weighted by molar-refractivity contribution is -0.157. The largest absolute Gasteiger partial charge is 0.489 e. The third-order valence-electron chi connectivity index (χ3n) is 3.35. The minimum absolute atomic E-state index is 0.215. The predicted octanol–water partition coefficient (Wildman–Crippen LogP) is 1.98. The summed E-state index contributed by atoms with van der Waals surface area (Å²) in [6.07, 6.45) is 0. The zero-order valence-corrected chi connectivity index (χ0v) is 11.8. The molecule has 3 rings (SSSR count). The molecule has 1 fully saturated rings. The first-order valence-corrected chi connectivity index (χ1v) is 6.95. The molecule has 0 spiro atoms. The summed E-state index contributed by atoms with van der Waals surface area (Å²) in [5.74, 6) is -0.0466. The third kappa shape index (κ3) is 3.25. The van der Waals surface area contributed by atoms with Crippen molar-refractivity contribution >= 4 is 11.9 Å². The Morgan fingerprint density at radius 2 is 1.77 bits per heavy atom. The normalized spacial score (nSPS) is 17.5. The third-order valence-corrected chi connectivity index (χ3v) is 3.35. The molecule has 2 aromatic carbocycles. The SMILES string of the molecule is O=C1COC(=O)[C@H](c2ccc(OCc3ccccc3)cc2)N1. The molecule has 5 heteroatoms. The summed E-state index contributed by atoms with van der Waals surface area (Å²) in [6, 6.07) is 16.1. The van der Waals surface area contributed by atoms with Crippen LogP contribution in [0.25, 0.3) is 0 Å². The number of cyclic esters (lactones) is 1. The zero-order chi connectivity index (χ0) is 15.4. The number of rotatable bonds is 4. The molecule has 1 saturated heterocycles. The van der Waals surface area contributed by atoms with Crippen LogP contribution in [-0.4, -0.2) is 18.5 Å². The number of esters is 1. The lowest BCUT2D eigenvalue weighted by Crippen LogP contribution is -2.43. The molecule has 1 N–H and O–H groups in total. The van der Waals surface area contributed by atoms with Gasteiger partial charge >= 0.3 is 5.97 Å². The number of amides is 1. The Balaban J connectivity index is 1.65. The van der Waals surface area contributed by atoms with Crippen LogP contribution in [0.3, 0.4) is 0 Å². The van der Waals surface area contributed by atoms with Crippen molar-refractivity contribution in [2.45, 2.75) is 12.6 Å².